The van der Waals surface area contributed by atoms with Gasteiger partial charge < -0.3 is 10.2 Å². The van der Waals surface area contributed by atoms with Crippen molar-refractivity contribution in [3.8, 4) is 0 Å². The highest BCUT2D eigenvalue weighted by atomic mass is 16.5. The van der Waals surface area contributed by atoms with E-state index in [0.717, 1.165) is 25.7 Å². The molecule has 0 aromatic carbocycles. The van der Waals surface area contributed by atoms with Crippen LogP contribution >= 0.6 is 0 Å². The molecule has 0 heterocycles. The first kappa shape index (κ1) is 13.9. The summed E-state index contributed by atoms with van der Waals surface area (Å²) in [6, 6.07) is 0. The fourth-order valence-corrected chi connectivity index (χ4v) is 1.98. The van der Waals surface area contributed by atoms with Gasteiger partial charge in [0.1, 0.15) is 0 Å². The molecule has 1 atom stereocenters. The van der Waals surface area contributed by atoms with Crippen LogP contribution in [0.25, 0.3) is 0 Å². The largest absolute Gasteiger partial charge is 0.365 e. The Balaban J connectivity index is 4.17. The van der Waals surface area contributed by atoms with Gasteiger partial charge in [0.25, 0.3) is 0 Å². The molecule has 1 unspecified atom stereocenters. The molecule has 0 fully saturated rings. The molecule has 2 heteroatoms. The zero-order valence-electron chi connectivity index (χ0n) is 10.1. The van der Waals surface area contributed by atoms with Crippen LogP contribution in [0.15, 0.2) is 0 Å². The van der Waals surface area contributed by atoms with E-state index in [4.69, 9.17) is 0 Å². The molecule has 0 aromatic heterocycles. The lowest BCUT2D eigenvalue weighted by Crippen LogP contribution is -2.38. The Morgan fingerprint density at radius 2 is 1.71 bits per heavy atom. The molecule has 2 N–H and O–H groups in total. The molecule has 0 aromatic rings. The van der Waals surface area contributed by atoms with Gasteiger partial charge in [-0.1, -0.05) is 40.5 Å². The standard InChI is InChI=1S/C12H26O2/c1-5-7-8-11(6-2)12(13,14)9-10(3)4/h10-11,13-14H,5-9H2,1-4H3. The van der Waals surface area contributed by atoms with Crippen molar-refractivity contribution in [2.24, 2.45) is 11.8 Å². The average molecular weight is 202 g/mol. The summed E-state index contributed by atoms with van der Waals surface area (Å²) < 4.78 is 0. The van der Waals surface area contributed by atoms with E-state index in [9.17, 15) is 10.2 Å². The Hall–Kier alpha value is -0.0800. The maximum atomic E-state index is 9.93. The van der Waals surface area contributed by atoms with Gasteiger partial charge in [0.15, 0.2) is 5.79 Å². The molecule has 0 aliphatic rings. The number of aliphatic hydroxyl groups is 2. The normalized spacial score (nSPS) is 14.8. The van der Waals surface area contributed by atoms with E-state index in [2.05, 4.69) is 6.92 Å². The number of rotatable bonds is 7. The number of unbranched alkanes of at least 4 members (excludes halogenated alkanes) is 1. The van der Waals surface area contributed by atoms with Crippen LogP contribution in [0, 0.1) is 11.8 Å². The van der Waals surface area contributed by atoms with E-state index in [-0.39, 0.29) is 5.92 Å². The summed E-state index contributed by atoms with van der Waals surface area (Å²) in [6.45, 7) is 8.20. The molecule has 0 spiro atoms. The topological polar surface area (TPSA) is 40.5 Å². The first-order chi connectivity index (χ1) is 6.44. The van der Waals surface area contributed by atoms with Gasteiger partial charge in [-0.05, 0) is 18.8 Å². The Morgan fingerprint density at radius 3 is 2.07 bits per heavy atom. The van der Waals surface area contributed by atoms with E-state index in [1.54, 1.807) is 0 Å². The van der Waals surface area contributed by atoms with Gasteiger partial charge in [-0.3, -0.25) is 0 Å². The maximum absolute atomic E-state index is 9.93. The molecule has 0 saturated carbocycles. The summed E-state index contributed by atoms with van der Waals surface area (Å²) in [7, 11) is 0. The van der Waals surface area contributed by atoms with Crippen molar-refractivity contribution in [3.05, 3.63) is 0 Å². The van der Waals surface area contributed by atoms with Crippen molar-refractivity contribution in [2.75, 3.05) is 0 Å². The van der Waals surface area contributed by atoms with Crippen molar-refractivity contribution in [1.82, 2.24) is 0 Å². The molecule has 0 aliphatic heterocycles. The molecule has 14 heavy (non-hydrogen) atoms. The third-order valence-electron chi connectivity index (χ3n) is 2.76. The highest BCUT2D eigenvalue weighted by molar-refractivity contribution is 4.76. The van der Waals surface area contributed by atoms with E-state index >= 15 is 0 Å². The van der Waals surface area contributed by atoms with Crippen LogP contribution in [-0.2, 0) is 0 Å². The Kier molecular flexibility index (Phi) is 6.38. The monoisotopic (exact) mass is 202 g/mol. The Morgan fingerprint density at radius 1 is 1.14 bits per heavy atom. The van der Waals surface area contributed by atoms with Gasteiger partial charge in [0.2, 0.25) is 0 Å². The minimum Gasteiger partial charge on any atom is -0.365 e. The lowest BCUT2D eigenvalue weighted by molar-refractivity contribution is -0.212. The quantitative estimate of drug-likeness (QED) is 0.623. The first-order valence-electron chi connectivity index (χ1n) is 5.88. The minimum atomic E-state index is -1.46. The predicted molar refractivity (Wildman–Crippen MR) is 59.9 cm³/mol. The highest BCUT2D eigenvalue weighted by Gasteiger charge is 2.32. The van der Waals surface area contributed by atoms with E-state index in [1.165, 1.54) is 0 Å². The van der Waals surface area contributed by atoms with Crippen molar-refractivity contribution in [3.63, 3.8) is 0 Å². The minimum absolute atomic E-state index is 0.0323. The molecular weight excluding hydrogens is 176 g/mol. The fraction of sp³-hybridized carbons (Fsp3) is 1.00. The van der Waals surface area contributed by atoms with Crippen molar-refractivity contribution >= 4 is 0 Å². The molecular formula is C12H26O2. The molecule has 86 valence electrons. The van der Waals surface area contributed by atoms with Gasteiger partial charge in [-0.15, -0.1) is 0 Å². The van der Waals surface area contributed by atoms with E-state index < -0.39 is 5.79 Å². The molecule has 0 amide bonds. The van der Waals surface area contributed by atoms with Crippen molar-refractivity contribution in [1.29, 1.82) is 0 Å². The predicted octanol–water partition coefficient (Wildman–Crippen LogP) is 2.93. The van der Waals surface area contributed by atoms with Gasteiger partial charge in [-0.2, -0.15) is 0 Å². The smallest absolute Gasteiger partial charge is 0.165 e. The van der Waals surface area contributed by atoms with Crippen LogP contribution in [0.2, 0.25) is 0 Å². The van der Waals surface area contributed by atoms with Crippen molar-refractivity contribution < 1.29 is 10.2 Å². The first-order valence-corrected chi connectivity index (χ1v) is 5.88. The van der Waals surface area contributed by atoms with Crippen molar-refractivity contribution in [2.45, 2.75) is 65.6 Å². The van der Waals surface area contributed by atoms with E-state index in [1.807, 2.05) is 20.8 Å². The molecule has 2 nitrogen and oxygen atoms in total. The van der Waals surface area contributed by atoms with Gasteiger partial charge in [0.05, 0.1) is 0 Å². The average Bonchev–Trinajstić information content (AvgIpc) is 2.02. The SMILES string of the molecule is CCCCC(CC)C(O)(O)CC(C)C. The third kappa shape index (κ3) is 4.97. The Labute approximate surface area is 88.3 Å². The van der Waals surface area contributed by atoms with Crippen LogP contribution < -0.4 is 0 Å². The summed E-state index contributed by atoms with van der Waals surface area (Å²) in [6.07, 6.45) is 4.45. The molecule has 0 rings (SSSR count). The molecule has 0 saturated heterocycles. The van der Waals surface area contributed by atoms with Crippen LogP contribution in [-0.4, -0.2) is 16.0 Å². The fourth-order valence-electron chi connectivity index (χ4n) is 1.98. The zero-order valence-corrected chi connectivity index (χ0v) is 10.1. The molecule has 0 aliphatic carbocycles. The van der Waals surface area contributed by atoms with Crippen LogP contribution in [0.1, 0.15) is 59.8 Å². The second kappa shape index (κ2) is 6.41. The lowest BCUT2D eigenvalue weighted by Gasteiger charge is -2.32. The summed E-state index contributed by atoms with van der Waals surface area (Å²) in [4.78, 5) is 0. The molecule has 0 bridgehead atoms. The highest BCUT2D eigenvalue weighted by Crippen LogP contribution is 2.29. The van der Waals surface area contributed by atoms with Crippen LogP contribution in [0.5, 0.6) is 0 Å². The number of hydrogen-bond acceptors (Lipinski definition) is 2. The third-order valence-corrected chi connectivity index (χ3v) is 2.76. The van der Waals surface area contributed by atoms with Gasteiger partial charge in [-0.25, -0.2) is 0 Å². The summed E-state index contributed by atoms with van der Waals surface area (Å²) >= 11 is 0. The lowest BCUT2D eigenvalue weighted by atomic mass is 9.85. The maximum Gasteiger partial charge on any atom is 0.165 e. The Bertz CT molecular complexity index is 141. The van der Waals surface area contributed by atoms with Gasteiger partial charge >= 0.3 is 0 Å². The summed E-state index contributed by atoms with van der Waals surface area (Å²) in [5.74, 6) is -1.09. The van der Waals surface area contributed by atoms with E-state index in [0.29, 0.717) is 12.3 Å². The summed E-state index contributed by atoms with van der Waals surface area (Å²) in [5.41, 5.74) is 0. The molecule has 0 radical (unpaired) electrons. The summed E-state index contributed by atoms with van der Waals surface area (Å²) in [5, 5.41) is 19.9. The van der Waals surface area contributed by atoms with Crippen LogP contribution in [0.4, 0.5) is 0 Å². The second-order valence-corrected chi connectivity index (χ2v) is 4.72. The zero-order chi connectivity index (χ0) is 11.2. The second-order valence-electron chi connectivity index (χ2n) is 4.72. The number of hydrogen-bond donors (Lipinski definition) is 2. The van der Waals surface area contributed by atoms with Crippen LogP contribution in [0.3, 0.4) is 0 Å². The van der Waals surface area contributed by atoms with Gasteiger partial charge in [0, 0.05) is 12.3 Å².